The van der Waals surface area contributed by atoms with E-state index in [9.17, 15) is 4.79 Å². The molecule has 1 heteroatoms. The number of rotatable bonds is 0. The summed E-state index contributed by atoms with van der Waals surface area (Å²) in [5.74, 6) is 2.35. The molecule has 0 saturated heterocycles. The average molecular weight is 152 g/mol. The van der Waals surface area contributed by atoms with Gasteiger partial charge < -0.3 is 0 Å². The van der Waals surface area contributed by atoms with E-state index in [1.54, 1.807) is 0 Å². The maximum atomic E-state index is 11.4. The van der Waals surface area contributed by atoms with Gasteiger partial charge in [-0.2, -0.15) is 0 Å². The summed E-state index contributed by atoms with van der Waals surface area (Å²) >= 11 is 0. The van der Waals surface area contributed by atoms with E-state index in [2.05, 4.69) is 20.8 Å². The Morgan fingerprint density at radius 1 is 1.45 bits per heavy atom. The molecule has 2 aliphatic carbocycles. The normalized spacial score (nSPS) is 55.5. The first-order valence-electron chi connectivity index (χ1n) is 4.58. The third-order valence-corrected chi connectivity index (χ3v) is 4.25. The summed E-state index contributed by atoms with van der Waals surface area (Å²) in [4.78, 5) is 11.4. The van der Waals surface area contributed by atoms with Crippen LogP contribution in [0.5, 0.6) is 0 Å². The third kappa shape index (κ3) is 0.692. The van der Waals surface area contributed by atoms with Crippen LogP contribution in [0.2, 0.25) is 0 Å². The molecule has 0 bridgehead atoms. The quantitative estimate of drug-likeness (QED) is 0.520. The van der Waals surface area contributed by atoms with Gasteiger partial charge in [-0.1, -0.05) is 20.8 Å². The molecule has 0 aromatic carbocycles. The highest BCUT2D eigenvalue weighted by molar-refractivity contribution is 5.84. The third-order valence-electron chi connectivity index (χ3n) is 4.25. The van der Waals surface area contributed by atoms with Crippen molar-refractivity contribution in [2.45, 2.75) is 33.6 Å². The van der Waals surface area contributed by atoms with Crippen LogP contribution >= 0.6 is 0 Å². The molecule has 4 atom stereocenters. The summed E-state index contributed by atoms with van der Waals surface area (Å²) in [6.45, 7) is 6.67. The van der Waals surface area contributed by atoms with Gasteiger partial charge in [0.2, 0.25) is 0 Å². The molecule has 0 heterocycles. The molecular weight excluding hydrogens is 136 g/mol. The molecule has 1 nitrogen and oxygen atoms in total. The lowest BCUT2D eigenvalue weighted by Crippen LogP contribution is -2.43. The molecule has 0 N–H and O–H groups in total. The second-order valence-corrected chi connectivity index (χ2v) is 4.68. The molecule has 0 aromatic rings. The van der Waals surface area contributed by atoms with Crippen LogP contribution in [0.25, 0.3) is 0 Å². The molecule has 11 heavy (non-hydrogen) atoms. The van der Waals surface area contributed by atoms with Gasteiger partial charge in [0.05, 0.1) is 0 Å². The van der Waals surface area contributed by atoms with Gasteiger partial charge in [0, 0.05) is 12.3 Å². The van der Waals surface area contributed by atoms with E-state index in [0.29, 0.717) is 23.0 Å². The van der Waals surface area contributed by atoms with E-state index in [1.165, 1.54) is 6.42 Å². The van der Waals surface area contributed by atoms with Crippen molar-refractivity contribution >= 4 is 5.78 Å². The molecule has 0 aliphatic heterocycles. The fourth-order valence-electron chi connectivity index (χ4n) is 2.97. The number of carbonyl (C=O) groups excluding carboxylic acids is 1. The molecule has 0 spiro atoms. The van der Waals surface area contributed by atoms with E-state index >= 15 is 0 Å². The van der Waals surface area contributed by atoms with Gasteiger partial charge in [0.1, 0.15) is 5.78 Å². The van der Waals surface area contributed by atoms with E-state index in [-0.39, 0.29) is 0 Å². The Morgan fingerprint density at radius 2 is 2.09 bits per heavy atom. The molecule has 0 aromatic heterocycles. The highest BCUT2D eigenvalue weighted by atomic mass is 16.1. The van der Waals surface area contributed by atoms with Crippen LogP contribution in [0.4, 0.5) is 0 Å². The predicted octanol–water partition coefficient (Wildman–Crippen LogP) is 2.26. The lowest BCUT2D eigenvalue weighted by atomic mass is 9.55. The lowest BCUT2D eigenvalue weighted by Gasteiger charge is -2.49. The highest BCUT2D eigenvalue weighted by Gasteiger charge is 2.58. The Hall–Kier alpha value is -0.330. The molecule has 0 amide bonds. The van der Waals surface area contributed by atoms with E-state index in [4.69, 9.17) is 0 Å². The van der Waals surface area contributed by atoms with Gasteiger partial charge in [0.25, 0.3) is 0 Å². The maximum Gasteiger partial charge on any atom is 0.136 e. The predicted molar refractivity (Wildman–Crippen MR) is 44.2 cm³/mol. The van der Waals surface area contributed by atoms with Gasteiger partial charge in [-0.15, -0.1) is 0 Å². The van der Waals surface area contributed by atoms with Crippen LogP contribution in [0.15, 0.2) is 0 Å². The van der Waals surface area contributed by atoms with Crippen LogP contribution in [0.3, 0.4) is 0 Å². The van der Waals surface area contributed by atoms with Gasteiger partial charge in [-0.25, -0.2) is 0 Å². The highest BCUT2D eigenvalue weighted by Crippen LogP contribution is 2.61. The van der Waals surface area contributed by atoms with Crippen LogP contribution in [0, 0.1) is 23.2 Å². The van der Waals surface area contributed by atoms with Crippen molar-refractivity contribution < 1.29 is 4.79 Å². The molecular formula is C10H16O. The summed E-state index contributed by atoms with van der Waals surface area (Å²) < 4.78 is 0. The minimum atomic E-state index is 0.358. The fraction of sp³-hybridized carbons (Fsp3) is 0.900. The average Bonchev–Trinajstić information content (AvgIpc) is 2.12. The van der Waals surface area contributed by atoms with Crippen LogP contribution in [0.1, 0.15) is 33.6 Å². The Morgan fingerprint density at radius 3 is 2.45 bits per heavy atom. The van der Waals surface area contributed by atoms with Crippen molar-refractivity contribution in [3.05, 3.63) is 0 Å². The number of hydrogen-bond donors (Lipinski definition) is 0. The summed E-state index contributed by atoms with van der Waals surface area (Å²) in [7, 11) is 0. The monoisotopic (exact) mass is 152 g/mol. The van der Waals surface area contributed by atoms with Crippen LogP contribution in [-0.2, 0) is 4.79 Å². The minimum Gasteiger partial charge on any atom is -0.299 e. The van der Waals surface area contributed by atoms with Gasteiger partial charge in [-0.3, -0.25) is 4.79 Å². The molecule has 0 radical (unpaired) electrons. The summed E-state index contributed by atoms with van der Waals surface area (Å²) in [6, 6.07) is 0. The van der Waals surface area contributed by atoms with Crippen LogP contribution < -0.4 is 0 Å². The molecule has 62 valence electrons. The largest absolute Gasteiger partial charge is 0.299 e. The lowest BCUT2D eigenvalue weighted by molar-refractivity contribution is -0.120. The Labute approximate surface area is 68.2 Å². The second-order valence-electron chi connectivity index (χ2n) is 4.68. The molecule has 2 aliphatic rings. The zero-order valence-electron chi connectivity index (χ0n) is 7.55. The number of carbonyl (C=O) groups is 1. The Kier molecular flexibility index (Phi) is 1.25. The summed E-state index contributed by atoms with van der Waals surface area (Å²) in [5.41, 5.74) is 0.385. The number of fused-ring (bicyclic) bond motifs is 1. The summed E-state index contributed by atoms with van der Waals surface area (Å²) in [6.07, 6.45) is 2.13. The molecule has 3 unspecified atom stereocenters. The first kappa shape index (κ1) is 7.33. The SMILES string of the molecule is CC1C(=O)CC2(C)C(C)C[C@@H]12. The standard InChI is InChI=1S/C10H16O/c1-6-4-8-7(2)9(11)5-10(6,8)3/h6-8H,4-5H2,1-3H3/t6?,7?,8-,10?/m0/s1. The fourth-order valence-corrected chi connectivity index (χ4v) is 2.97. The number of hydrogen-bond acceptors (Lipinski definition) is 1. The zero-order chi connectivity index (χ0) is 8.22. The minimum absolute atomic E-state index is 0.358. The van der Waals surface area contributed by atoms with E-state index in [0.717, 1.165) is 12.3 Å². The number of Topliss-reactive ketones (excluding diaryl/α,β-unsaturated/α-hetero) is 1. The van der Waals surface area contributed by atoms with Crippen molar-refractivity contribution in [2.75, 3.05) is 0 Å². The van der Waals surface area contributed by atoms with Gasteiger partial charge >= 0.3 is 0 Å². The topological polar surface area (TPSA) is 17.1 Å². The van der Waals surface area contributed by atoms with Gasteiger partial charge in [0.15, 0.2) is 0 Å². The molecule has 2 fully saturated rings. The maximum absolute atomic E-state index is 11.4. The van der Waals surface area contributed by atoms with Crippen LogP contribution in [-0.4, -0.2) is 5.78 Å². The smallest absolute Gasteiger partial charge is 0.136 e. The first-order valence-corrected chi connectivity index (χ1v) is 4.58. The van der Waals surface area contributed by atoms with E-state index in [1.807, 2.05) is 0 Å². The number of ketones is 1. The molecule has 2 saturated carbocycles. The Balaban J connectivity index is 2.26. The van der Waals surface area contributed by atoms with Gasteiger partial charge in [-0.05, 0) is 23.7 Å². The zero-order valence-corrected chi connectivity index (χ0v) is 7.55. The van der Waals surface area contributed by atoms with Crippen molar-refractivity contribution in [1.29, 1.82) is 0 Å². The second kappa shape index (κ2) is 1.88. The Bertz CT molecular complexity index is 209. The van der Waals surface area contributed by atoms with Crippen molar-refractivity contribution in [2.24, 2.45) is 23.2 Å². The molecule has 2 rings (SSSR count). The van der Waals surface area contributed by atoms with Crippen molar-refractivity contribution in [3.63, 3.8) is 0 Å². The van der Waals surface area contributed by atoms with E-state index < -0.39 is 0 Å². The first-order chi connectivity index (χ1) is 5.05. The van der Waals surface area contributed by atoms with Crippen molar-refractivity contribution in [3.8, 4) is 0 Å². The summed E-state index contributed by atoms with van der Waals surface area (Å²) in [5, 5.41) is 0. The van der Waals surface area contributed by atoms with Crippen molar-refractivity contribution in [1.82, 2.24) is 0 Å².